The Morgan fingerprint density at radius 3 is 2.62 bits per heavy atom. The zero-order chi connectivity index (χ0) is 22.2. The second-order valence-electron chi connectivity index (χ2n) is 10.3. The normalized spacial score (nSPS) is 36.3. The monoisotopic (exact) mass is 445 g/mol. The van der Waals surface area contributed by atoms with Gasteiger partial charge in [0.25, 0.3) is 0 Å². The van der Waals surface area contributed by atoms with Crippen molar-refractivity contribution in [1.82, 2.24) is 10.2 Å². The van der Waals surface area contributed by atoms with E-state index in [0.29, 0.717) is 18.8 Å². The first-order valence-corrected chi connectivity index (χ1v) is 12.3. The third-order valence-electron chi connectivity index (χ3n) is 8.13. The van der Waals surface area contributed by atoms with Crippen LogP contribution in [-0.2, 0) is 4.74 Å². The number of fused-ring (bicyclic) bond motifs is 1. The van der Waals surface area contributed by atoms with E-state index in [0.717, 1.165) is 18.3 Å². The van der Waals surface area contributed by atoms with Gasteiger partial charge in [-0.25, -0.2) is 0 Å². The molecule has 2 heterocycles. The number of nitrogens with zero attached hydrogens (tertiary/aromatic N) is 1. The van der Waals surface area contributed by atoms with Crippen LogP contribution in [0.2, 0.25) is 0 Å². The van der Waals surface area contributed by atoms with Gasteiger partial charge in [0.15, 0.2) is 0 Å². The molecule has 1 aromatic carbocycles. The summed E-state index contributed by atoms with van der Waals surface area (Å²) in [6.07, 6.45) is 6.25. The number of rotatable bonds is 9. The molecule has 178 valence electrons. The van der Waals surface area contributed by atoms with Gasteiger partial charge >= 0.3 is 0 Å². The Bertz CT molecular complexity index is 785. The fourth-order valence-corrected chi connectivity index (χ4v) is 5.67. The maximum absolute atomic E-state index is 10.3. The topological polar surface area (TPSA) is 115 Å². The van der Waals surface area contributed by atoms with Crippen molar-refractivity contribution in [2.75, 3.05) is 30.9 Å². The molecular formula is C24H39N5O3. The number of benzene rings is 1. The molecule has 4 aliphatic rings. The first-order valence-electron chi connectivity index (χ1n) is 12.3. The van der Waals surface area contributed by atoms with Crippen LogP contribution in [0.4, 0.5) is 11.4 Å². The maximum atomic E-state index is 10.3. The molecule has 8 heteroatoms. The van der Waals surface area contributed by atoms with Gasteiger partial charge in [-0.15, -0.1) is 0 Å². The molecule has 1 unspecified atom stereocenters. The van der Waals surface area contributed by atoms with E-state index in [1.807, 2.05) is 0 Å². The molecule has 7 N–H and O–H groups in total. The minimum atomic E-state index is -0.938. The van der Waals surface area contributed by atoms with Crippen molar-refractivity contribution < 1.29 is 14.9 Å². The first-order chi connectivity index (χ1) is 15.5. The Balaban J connectivity index is 1.02. The van der Waals surface area contributed by atoms with Crippen molar-refractivity contribution >= 4 is 11.4 Å². The predicted octanol–water partition coefficient (Wildman–Crippen LogP) is 1.56. The molecule has 5 rings (SSSR count). The number of aliphatic hydroxyl groups is 2. The summed E-state index contributed by atoms with van der Waals surface area (Å²) < 4.78 is 5.77. The highest BCUT2D eigenvalue weighted by atomic mass is 16.6. The van der Waals surface area contributed by atoms with E-state index in [2.05, 4.69) is 46.1 Å². The lowest BCUT2D eigenvalue weighted by Gasteiger charge is -2.42. The van der Waals surface area contributed by atoms with E-state index >= 15 is 0 Å². The number of hydrogen-bond donors (Lipinski definition) is 6. The van der Waals surface area contributed by atoms with E-state index < -0.39 is 24.5 Å². The molecule has 1 saturated heterocycles. The number of aliphatic hydroxyl groups excluding tert-OH is 2. The van der Waals surface area contributed by atoms with Crippen LogP contribution in [0, 0.1) is 5.92 Å². The van der Waals surface area contributed by atoms with Crippen LogP contribution in [-0.4, -0.2) is 72.1 Å². The summed E-state index contributed by atoms with van der Waals surface area (Å²) in [5, 5.41) is 30.6. The fraction of sp³-hybridized carbons (Fsp3) is 0.750. The van der Waals surface area contributed by atoms with Crippen molar-refractivity contribution in [2.45, 2.75) is 87.6 Å². The lowest BCUT2D eigenvalue weighted by molar-refractivity contribution is -0.0348. The SMILES string of the molecule is CN(C[C@H]1O[C@@H](NCN)[C@H](O)[C@@H]1O)C1CC(CCC2Nc3ccc(C4CCC4)cc3N2)C1. The van der Waals surface area contributed by atoms with E-state index in [-0.39, 0.29) is 6.67 Å². The molecule has 3 fully saturated rings. The minimum absolute atomic E-state index is 0.207. The number of anilines is 2. The number of ether oxygens (including phenoxy) is 1. The van der Waals surface area contributed by atoms with E-state index in [4.69, 9.17) is 10.5 Å². The Labute approximate surface area is 190 Å². The number of likely N-dealkylation sites (N-methyl/N-ethyl adjacent to an activating group) is 1. The summed E-state index contributed by atoms with van der Waals surface area (Å²) >= 11 is 0. The fourth-order valence-electron chi connectivity index (χ4n) is 5.67. The third-order valence-corrected chi connectivity index (χ3v) is 8.13. The van der Waals surface area contributed by atoms with Crippen LogP contribution < -0.4 is 21.7 Å². The molecule has 0 aromatic heterocycles. The van der Waals surface area contributed by atoms with Gasteiger partial charge in [0, 0.05) is 19.3 Å². The molecule has 0 radical (unpaired) electrons. The summed E-state index contributed by atoms with van der Waals surface area (Å²) in [6.45, 7) is 0.821. The Morgan fingerprint density at radius 1 is 1.12 bits per heavy atom. The molecule has 32 heavy (non-hydrogen) atoms. The van der Waals surface area contributed by atoms with E-state index in [1.54, 1.807) is 0 Å². The molecule has 0 bridgehead atoms. The summed E-state index contributed by atoms with van der Waals surface area (Å²) in [5.74, 6) is 1.51. The average molecular weight is 446 g/mol. The van der Waals surface area contributed by atoms with Gasteiger partial charge in [-0.1, -0.05) is 12.5 Å². The smallest absolute Gasteiger partial charge is 0.138 e. The zero-order valence-corrected chi connectivity index (χ0v) is 19.0. The van der Waals surface area contributed by atoms with Crippen molar-refractivity contribution in [3.05, 3.63) is 23.8 Å². The van der Waals surface area contributed by atoms with Gasteiger partial charge in [-0.2, -0.15) is 0 Å². The maximum Gasteiger partial charge on any atom is 0.138 e. The molecule has 2 aliphatic carbocycles. The molecule has 2 aliphatic heterocycles. The van der Waals surface area contributed by atoms with E-state index in [1.165, 1.54) is 55.5 Å². The van der Waals surface area contributed by atoms with Crippen molar-refractivity contribution in [3.63, 3.8) is 0 Å². The molecule has 5 atom stereocenters. The minimum Gasteiger partial charge on any atom is -0.387 e. The predicted molar refractivity (Wildman–Crippen MR) is 125 cm³/mol. The van der Waals surface area contributed by atoms with Crippen LogP contribution in [0.25, 0.3) is 0 Å². The molecule has 2 saturated carbocycles. The largest absolute Gasteiger partial charge is 0.387 e. The number of nitrogens with two attached hydrogens (primary N) is 1. The number of nitrogens with one attached hydrogen (secondary N) is 3. The second kappa shape index (κ2) is 9.44. The highest BCUT2D eigenvalue weighted by molar-refractivity contribution is 5.75. The Kier molecular flexibility index (Phi) is 6.60. The van der Waals surface area contributed by atoms with Crippen molar-refractivity contribution in [1.29, 1.82) is 0 Å². The lowest BCUT2D eigenvalue weighted by atomic mass is 9.76. The van der Waals surface area contributed by atoms with Crippen molar-refractivity contribution in [3.8, 4) is 0 Å². The summed E-state index contributed by atoms with van der Waals surface area (Å²) in [5.41, 5.74) is 9.48. The van der Waals surface area contributed by atoms with Gasteiger partial charge in [-0.05, 0) is 75.1 Å². The summed E-state index contributed by atoms with van der Waals surface area (Å²) in [6, 6.07) is 7.41. The van der Waals surface area contributed by atoms with Crippen molar-refractivity contribution in [2.24, 2.45) is 11.7 Å². The Morgan fingerprint density at radius 2 is 1.91 bits per heavy atom. The lowest BCUT2D eigenvalue weighted by Crippen LogP contribution is -2.48. The van der Waals surface area contributed by atoms with Crippen LogP contribution in [0.5, 0.6) is 0 Å². The van der Waals surface area contributed by atoms with Gasteiger partial charge < -0.3 is 36.2 Å². The average Bonchev–Trinajstić information content (AvgIpc) is 3.21. The standard InChI is InChI=1S/C24H39N5O3/c1-29(12-20-22(30)23(31)24(32-20)26-13-25)17-9-14(10-17)5-8-21-27-18-7-6-16(11-19(18)28-21)15-3-2-4-15/h6-7,11,14-15,17,20-24,26-28,30-31H,2-5,8-10,12-13,25H2,1H3/t14?,17?,20-,21?,22-,23-,24-/m1/s1. The highest BCUT2D eigenvalue weighted by Gasteiger charge is 2.44. The first kappa shape index (κ1) is 22.4. The zero-order valence-electron chi connectivity index (χ0n) is 19.0. The molecule has 0 spiro atoms. The third kappa shape index (κ3) is 4.49. The molecule has 0 amide bonds. The van der Waals surface area contributed by atoms with Crippen LogP contribution in [0.3, 0.4) is 0 Å². The second-order valence-corrected chi connectivity index (χ2v) is 10.3. The molecule has 8 nitrogen and oxygen atoms in total. The molecule has 1 aromatic rings. The van der Waals surface area contributed by atoms with Gasteiger partial charge in [0.05, 0.1) is 17.5 Å². The Hall–Kier alpha value is -1.42. The van der Waals surface area contributed by atoms with Crippen LogP contribution in [0.15, 0.2) is 18.2 Å². The summed E-state index contributed by atoms with van der Waals surface area (Å²) in [7, 11) is 2.09. The number of hydrogen-bond acceptors (Lipinski definition) is 8. The molecular weight excluding hydrogens is 406 g/mol. The van der Waals surface area contributed by atoms with Gasteiger partial charge in [0.1, 0.15) is 24.5 Å². The van der Waals surface area contributed by atoms with Crippen LogP contribution in [0.1, 0.15) is 56.4 Å². The van der Waals surface area contributed by atoms with Gasteiger partial charge in [-0.3, -0.25) is 5.32 Å². The van der Waals surface area contributed by atoms with Crippen LogP contribution >= 0.6 is 0 Å². The highest BCUT2D eigenvalue weighted by Crippen LogP contribution is 2.41. The quantitative estimate of drug-likeness (QED) is 0.317. The van der Waals surface area contributed by atoms with E-state index in [9.17, 15) is 10.2 Å². The van der Waals surface area contributed by atoms with Gasteiger partial charge in [0.2, 0.25) is 0 Å². The summed E-state index contributed by atoms with van der Waals surface area (Å²) in [4.78, 5) is 2.27.